The second-order valence-corrected chi connectivity index (χ2v) is 6.35. The van der Waals surface area contributed by atoms with Gasteiger partial charge in [-0.25, -0.2) is 0 Å². The minimum atomic E-state index is -0.261. The molecule has 0 spiro atoms. The van der Waals surface area contributed by atoms with Crippen molar-refractivity contribution in [2.24, 2.45) is 0 Å². The Balaban J connectivity index is 1.83. The molecule has 0 fully saturated rings. The summed E-state index contributed by atoms with van der Waals surface area (Å²) in [6.07, 6.45) is 0. The van der Waals surface area contributed by atoms with Gasteiger partial charge in [0.2, 0.25) is 0 Å². The fraction of sp³-hybridized carbons (Fsp3) is 0.263. The molecule has 0 aliphatic rings. The lowest BCUT2D eigenvalue weighted by atomic mass is 10.0. The number of anilines is 1. The van der Waals surface area contributed by atoms with Crippen molar-refractivity contribution in [3.05, 3.63) is 65.2 Å². The maximum absolute atomic E-state index is 12.1. The zero-order chi connectivity index (χ0) is 18.2. The number of carbonyl (C=O) groups excluding carboxylic acids is 1. The molecule has 6 heteroatoms. The van der Waals surface area contributed by atoms with Crippen LogP contribution in [0.4, 0.5) is 5.69 Å². The van der Waals surface area contributed by atoms with Gasteiger partial charge in [0.15, 0.2) is 5.11 Å². The van der Waals surface area contributed by atoms with Crippen LogP contribution < -0.4 is 16.2 Å². The summed E-state index contributed by atoms with van der Waals surface area (Å²) in [5.41, 5.74) is 8.95. The molecule has 0 aromatic heterocycles. The number of ether oxygens (including phenoxy) is 1. The van der Waals surface area contributed by atoms with Gasteiger partial charge in [0, 0.05) is 18.4 Å². The van der Waals surface area contributed by atoms with Crippen LogP contribution in [0.15, 0.2) is 48.5 Å². The molecule has 0 unspecified atom stereocenters. The number of hydrogen-bond donors (Lipinski definition) is 3. The summed E-state index contributed by atoms with van der Waals surface area (Å²) in [6, 6.07) is 15.2. The summed E-state index contributed by atoms with van der Waals surface area (Å²) in [7, 11) is 1.63. The average molecular weight is 357 g/mol. The van der Waals surface area contributed by atoms with E-state index in [-0.39, 0.29) is 5.91 Å². The lowest BCUT2D eigenvalue weighted by Crippen LogP contribution is -2.43. The van der Waals surface area contributed by atoms with E-state index in [4.69, 9.17) is 17.0 Å². The average Bonchev–Trinajstić information content (AvgIpc) is 2.61. The van der Waals surface area contributed by atoms with Gasteiger partial charge in [0.05, 0.1) is 6.61 Å². The molecule has 0 saturated carbocycles. The lowest BCUT2D eigenvalue weighted by molar-refractivity contribution is 0.0944. The molecule has 1 amide bonds. The Morgan fingerprint density at radius 1 is 1.04 bits per heavy atom. The van der Waals surface area contributed by atoms with E-state index in [1.54, 1.807) is 19.2 Å². The first kappa shape index (κ1) is 18.9. The number of carbonyl (C=O) groups is 1. The SMILES string of the molecule is COCc1ccc(C(=O)NNC(=S)Nc2ccc(C(C)C)cc2)cc1. The molecule has 3 N–H and O–H groups in total. The number of rotatable bonds is 5. The highest BCUT2D eigenvalue weighted by atomic mass is 32.1. The maximum atomic E-state index is 12.1. The standard InChI is InChI=1S/C19H23N3O2S/c1-13(2)15-8-10-17(11-9-15)20-19(25)22-21-18(23)16-6-4-14(5-7-16)12-24-3/h4-11,13H,12H2,1-3H3,(H,21,23)(H2,20,22,25). The molecular formula is C19H23N3O2S. The van der Waals surface area contributed by atoms with E-state index in [2.05, 4.69) is 42.1 Å². The van der Waals surface area contributed by atoms with E-state index in [0.717, 1.165) is 11.3 Å². The minimum absolute atomic E-state index is 0.261. The van der Waals surface area contributed by atoms with Crippen molar-refractivity contribution in [2.75, 3.05) is 12.4 Å². The van der Waals surface area contributed by atoms with Crippen LogP contribution >= 0.6 is 12.2 Å². The third-order valence-corrected chi connectivity index (χ3v) is 3.86. The topological polar surface area (TPSA) is 62.4 Å². The smallest absolute Gasteiger partial charge is 0.269 e. The van der Waals surface area contributed by atoms with E-state index in [1.165, 1.54) is 5.56 Å². The molecule has 0 aliphatic carbocycles. The van der Waals surface area contributed by atoms with Crippen molar-refractivity contribution >= 4 is 28.9 Å². The third kappa shape index (κ3) is 5.85. The summed E-state index contributed by atoms with van der Waals surface area (Å²) in [6.45, 7) is 4.81. The Morgan fingerprint density at radius 2 is 1.68 bits per heavy atom. The van der Waals surface area contributed by atoms with Crippen LogP contribution in [0.2, 0.25) is 0 Å². The molecule has 0 aliphatic heterocycles. The predicted octanol–water partition coefficient (Wildman–Crippen LogP) is 3.59. The van der Waals surface area contributed by atoms with Crippen LogP contribution in [-0.4, -0.2) is 18.1 Å². The molecule has 132 valence electrons. The third-order valence-electron chi connectivity index (χ3n) is 3.65. The summed E-state index contributed by atoms with van der Waals surface area (Å²) in [4.78, 5) is 12.1. The highest BCUT2D eigenvalue weighted by Gasteiger charge is 2.06. The Kier molecular flexibility index (Phi) is 6.91. The van der Waals surface area contributed by atoms with Gasteiger partial charge in [0.1, 0.15) is 0 Å². The van der Waals surface area contributed by atoms with Gasteiger partial charge >= 0.3 is 0 Å². The second kappa shape index (κ2) is 9.15. The van der Waals surface area contributed by atoms with Crippen molar-refractivity contribution in [1.29, 1.82) is 0 Å². The van der Waals surface area contributed by atoms with Crippen LogP contribution in [0, 0.1) is 0 Å². The van der Waals surface area contributed by atoms with Gasteiger partial charge in [-0.05, 0) is 53.5 Å². The molecule has 25 heavy (non-hydrogen) atoms. The van der Waals surface area contributed by atoms with Crippen molar-refractivity contribution in [3.8, 4) is 0 Å². The van der Waals surface area contributed by atoms with Gasteiger partial charge in [-0.2, -0.15) is 0 Å². The molecule has 2 rings (SSSR count). The van der Waals surface area contributed by atoms with Gasteiger partial charge < -0.3 is 10.1 Å². The Bertz CT molecular complexity index is 712. The maximum Gasteiger partial charge on any atom is 0.269 e. The predicted molar refractivity (Wildman–Crippen MR) is 105 cm³/mol. The van der Waals surface area contributed by atoms with Gasteiger partial charge in [-0.15, -0.1) is 0 Å². The summed E-state index contributed by atoms with van der Waals surface area (Å²) >= 11 is 5.19. The number of amides is 1. The molecule has 0 atom stereocenters. The van der Waals surface area contributed by atoms with Crippen molar-refractivity contribution < 1.29 is 9.53 Å². The number of nitrogens with one attached hydrogen (secondary N) is 3. The van der Waals surface area contributed by atoms with Gasteiger partial charge in [0.25, 0.3) is 5.91 Å². The van der Waals surface area contributed by atoms with Gasteiger partial charge in [-0.1, -0.05) is 38.1 Å². The van der Waals surface area contributed by atoms with Crippen LogP contribution in [-0.2, 0) is 11.3 Å². The van der Waals surface area contributed by atoms with Gasteiger partial charge in [-0.3, -0.25) is 15.6 Å². The normalized spacial score (nSPS) is 10.4. The van der Waals surface area contributed by atoms with E-state index < -0.39 is 0 Å². The first-order valence-corrected chi connectivity index (χ1v) is 8.45. The fourth-order valence-electron chi connectivity index (χ4n) is 2.22. The van der Waals surface area contributed by atoms with Crippen LogP contribution in [0.5, 0.6) is 0 Å². The molecule has 0 heterocycles. The highest BCUT2D eigenvalue weighted by Crippen LogP contribution is 2.16. The fourth-order valence-corrected chi connectivity index (χ4v) is 2.39. The second-order valence-electron chi connectivity index (χ2n) is 5.94. The molecule has 0 saturated heterocycles. The van der Waals surface area contributed by atoms with E-state index in [1.807, 2.05) is 24.3 Å². The highest BCUT2D eigenvalue weighted by molar-refractivity contribution is 7.80. The Labute approximate surface area is 153 Å². The number of hydrogen-bond acceptors (Lipinski definition) is 3. The summed E-state index contributed by atoms with van der Waals surface area (Å²) < 4.78 is 5.05. The Hall–Kier alpha value is -2.44. The van der Waals surface area contributed by atoms with Crippen LogP contribution in [0.25, 0.3) is 0 Å². The first-order valence-electron chi connectivity index (χ1n) is 8.04. The molecule has 2 aromatic carbocycles. The number of hydrazine groups is 1. The lowest BCUT2D eigenvalue weighted by Gasteiger charge is -2.13. The van der Waals surface area contributed by atoms with Crippen LogP contribution in [0.1, 0.15) is 41.3 Å². The van der Waals surface area contributed by atoms with Crippen molar-refractivity contribution in [2.45, 2.75) is 26.4 Å². The number of methoxy groups -OCH3 is 1. The largest absolute Gasteiger partial charge is 0.380 e. The minimum Gasteiger partial charge on any atom is -0.380 e. The van der Waals surface area contributed by atoms with Crippen LogP contribution in [0.3, 0.4) is 0 Å². The zero-order valence-electron chi connectivity index (χ0n) is 14.6. The van der Waals surface area contributed by atoms with Crippen molar-refractivity contribution in [3.63, 3.8) is 0 Å². The molecule has 0 bridgehead atoms. The quantitative estimate of drug-likeness (QED) is 0.564. The molecule has 0 radical (unpaired) electrons. The Morgan fingerprint density at radius 3 is 2.24 bits per heavy atom. The van der Waals surface area contributed by atoms with E-state index in [9.17, 15) is 4.79 Å². The summed E-state index contributed by atoms with van der Waals surface area (Å²) in [5.74, 6) is 0.219. The number of benzene rings is 2. The monoisotopic (exact) mass is 357 g/mol. The zero-order valence-corrected chi connectivity index (χ0v) is 15.4. The molecule has 2 aromatic rings. The number of thiocarbonyl (C=S) groups is 1. The van der Waals surface area contributed by atoms with E-state index in [0.29, 0.717) is 23.2 Å². The van der Waals surface area contributed by atoms with E-state index >= 15 is 0 Å². The van der Waals surface area contributed by atoms with Crippen molar-refractivity contribution in [1.82, 2.24) is 10.9 Å². The molecule has 5 nitrogen and oxygen atoms in total. The summed E-state index contributed by atoms with van der Waals surface area (Å²) in [5, 5.41) is 3.35. The molecular weight excluding hydrogens is 334 g/mol. The first-order chi connectivity index (χ1) is 12.0.